The number of hydrogen-bond donors (Lipinski definition) is 1. The van der Waals surface area contributed by atoms with Crippen molar-refractivity contribution in [2.75, 3.05) is 24.3 Å². The minimum Gasteiger partial charge on any atom is -0.373 e. The van der Waals surface area contributed by atoms with Crippen molar-refractivity contribution in [3.05, 3.63) is 36.3 Å². The summed E-state index contributed by atoms with van der Waals surface area (Å²) in [6, 6.07) is 4.02. The molecule has 2 heterocycles. The summed E-state index contributed by atoms with van der Waals surface area (Å²) in [7, 11) is 5.85. The minimum atomic E-state index is 0.834. The topological polar surface area (TPSA) is 46.0 Å². The molecule has 0 amide bonds. The first-order valence-corrected chi connectivity index (χ1v) is 5.51. The molecule has 0 radical (unpaired) electrons. The summed E-state index contributed by atoms with van der Waals surface area (Å²) in [4.78, 5) is 6.36. The molecule has 5 heteroatoms. The molecule has 17 heavy (non-hydrogen) atoms. The predicted octanol–water partition coefficient (Wildman–Crippen LogP) is 1.49. The zero-order chi connectivity index (χ0) is 12.3. The molecule has 0 atom stereocenters. The lowest BCUT2D eigenvalue weighted by Gasteiger charge is -2.18. The van der Waals surface area contributed by atoms with Gasteiger partial charge >= 0.3 is 0 Å². The molecule has 5 nitrogen and oxygen atoms in total. The van der Waals surface area contributed by atoms with Crippen LogP contribution in [0.25, 0.3) is 0 Å². The number of anilines is 2. The molecule has 0 bridgehead atoms. The van der Waals surface area contributed by atoms with Gasteiger partial charge in [0.05, 0.1) is 6.20 Å². The van der Waals surface area contributed by atoms with Gasteiger partial charge in [-0.1, -0.05) is 0 Å². The Kier molecular flexibility index (Phi) is 3.27. The Labute approximate surface area is 101 Å². The Balaban J connectivity index is 2.11. The Hall–Kier alpha value is -2.04. The van der Waals surface area contributed by atoms with E-state index in [2.05, 4.69) is 27.3 Å². The number of hydrogen-bond acceptors (Lipinski definition) is 4. The fourth-order valence-electron chi connectivity index (χ4n) is 1.71. The van der Waals surface area contributed by atoms with Gasteiger partial charge in [0.2, 0.25) is 0 Å². The van der Waals surface area contributed by atoms with Gasteiger partial charge in [-0.3, -0.25) is 4.68 Å². The Morgan fingerprint density at radius 3 is 2.94 bits per heavy atom. The van der Waals surface area contributed by atoms with E-state index in [-0.39, 0.29) is 0 Å². The lowest BCUT2D eigenvalue weighted by atomic mass is 10.3. The van der Waals surface area contributed by atoms with Crippen molar-refractivity contribution in [1.29, 1.82) is 0 Å². The van der Waals surface area contributed by atoms with Crippen LogP contribution in [0.1, 0.15) is 5.56 Å². The molecule has 0 aliphatic carbocycles. The highest BCUT2D eigenvalue weighted by molar-refractivity contribution is 5.53. The molecule has 0 saturated heterocycles. The molecule has 0 aromatic carbocycles. The van der Waals surface area contributed by atoms with Crippen LogP contribution in [-0.2, 0) is 13.6 Å². The van der Waals surface area contributed by atoms with Gasteiger partial charge < -0.3 is 10.2 Å². The van der Waals surface area contributed by atoms with Crippen LogP contribution in [0.15, 0.2) is 30.7 Å². The summed E-state index contributed by atoms with van der Waals surface area (Å²) in [5.41, 5.74) is 2.33. The van der Waals surface area contributed by atoms with Gasteiger partial charge in [-0.25, -0.2) is 4.98 Å². The number of aryl methyl sites for hydroxylation is 1. The molecule has 0 fully saturated rings. The lowest BCUT2D eigenvalue weighted by Crippen LogP contribution is -2.16. The fourth-order valence-corrected chi connectivity index (χ4v) is 1.71. The first-order chi connectivity index (χ1) is 8.19. The number of pyridine rings is 1. The van der Waals surface area contributed by atoms with E-state index in [0.29, 0.717) is 0 Å². The van der Waals surface area contributed by atoms with Crippen molar-refractivity contribution in [2.45, 2.75) is 6.54 Å². The standard InChI is InChI=1S/C12H17N5/c1-13-12-6-11(4-5-14-12)16(2)8-10-7-15-17(3)9-10/h4-7,9H,8H2,1-3H3,(H,13,14). The molecular formula is C12H17N5. The molecule has 90 valence electrons. The number of rotatable bonds is 4. The Morgan fingerprint density at radius 1 is 1.47 bits per heavy atom. The quantitative estimate of drug-likeness (QED) is 0.866. The molecule has 0 spiro atoms. The molecular weight excluding hydrogens is 214 g/mol. The van der Waals surface area contributed by atoms with Crippen molar-refractivity contribution in [2.24, 2.45) is 7.05 Å². The average Bonchev–Trinajstić information content (AvgIpc) is 2.75. The minimum absolute atomic E-state index is 0.834. The molecule has 2 aromatic heterocycles. The maximum Gasteiger partial charge on any atom is 0.127 e. The molecule has 0 saturated carbocycles. The molecule has 0 aliphatic rings. The van der Waals surface area contributed by atoms with Gasteiger partial charge in [-0.2, -0.15) is 5.10 Å². The van der Waals surface area contributed by atoms with Gasteiger partial charge in [0.25, 0.3) is 0 Å². The second kappa shape index (κ2) is 4.86. The SMILES string of the molecule is CNc1cc(N(C)Cc2cnn(C)c2)ccn1. The fraction of sp³-hybridized carbons (Fsp3) is 0.333. The van der Waals surface area contributed by atoms with Crippen LogP contribution in [0.5, 0.6) is 0 Å². The van der Waals surface area contributed by atoms with E-state index >= 15 is 0 Å². The first-order valence-electron chi connectivity index (χ1n) is 5.51. The maximum atomic E-state index is 4.20. The van der Waals surface area contributed by atoms with E-state index in [1.165, 1.54) is 5.56 Å². The largest absolute Gasteiger partial charge is 0.373 e. The lowest BCUT2D eigenvalue weighted by molar-refractivity contribution is 0.766. The molecule has 0 unspecified atom stereocenters. The van der Waals surface area contributed by atoms with E-state index in [0.717, 1.165) is 18.1 Å². The summed E-state index contributed by atoms with van der Waals surface area (Å²) in [5, 5.41) is 7.20. The van der Waals surface area contributed by atoms with Crippen LogP contribution in [-0.4, -0.2) is 28.9 Å². The zero-order valence-electron chi connectivity index (χ0n) is 10.4. The van der Waals surface area contributed by atoms with Crippen molar-refractivity contribution in [3.8, 4) is 0 Å². The molecule has 1 N–H and O–H groups in total. The number of aromatic nitrogens is 3. The average molecular weight is 231 g/mol. The monoisotopic (exact) mass is 231 g/mol. The molecule has 2 aromatic rings. The van der Waals surface area contributed by atoms with Crippen molar-refractivity contribution >= 4 is 11.5 Å². The van der Waals surface area contributed by atoms with Crippen LogP contribution >= 0.6 is 0 Å². The summed E-state index contributed by atoms with van der Waals surface area (Å²) in [6.07, 6.45) is 5.72. The van der Waals surface area contributed by atoms with E-state index < -0.39 is 0 Å². The van der Waals surface area contributed by atoms with Crippen LogP contribution in [0.3, 0.4) is 0 Å². The smallest absolute Gasteiger partial charge is 0.127 e. The highest BCUT2D eigenvalue weighted by Crippen LogP contribution is 2.17. The van der Waals surface area contributed by atoms with Crippen LogP contribution < -0.4 is 10.2 Å². The van der Waals surface area contributed by atoms with Crippen molar-refractivity contribution < 1.29 is 0 Å². The maximum absolute atomic E-state index is 4.20. The van der Waals surface area contributed by atoms with E-state index in [1.54, 1.807) is 6.20 Å². The normalized spacial score (nSPS) is 10.3. The zero-order valence-corrected chi connectivity index (χ0v) is 10.4. The highest BCUT2D eigenvalue weighted by atomic mass is 15.2. The van der Waals surface area contributed by atoms with Crippen LogP contribution in [0.4, 0.5) is 11.5 Å². The summed E-state index contributed by atoms with van der Waals surface area (Å²) >= 11 is 0. The van der Waals surface area contributed by atoms with Gasteiger partial charge in [0.1, 0.15) is 5.82 Å². The summed E-state index contributed by atoms with van der Waals surface area (Å²) < 4.78 is 1.81. The third-order valence-corrected chi connectivity index (χ3v) is 2.62. The number of nitrogens with zero attached hydrogens (tertiary/aromatic N) is 4. The van der Waals surface area contributed by atoms with Gasteiger partial charge in [-0.15, -0.1) is 0 Å². The van der Waals surface area contributed by atoms with Gasteiger partial charge in [0, 0.05) is 57.4 Å². The van der Waals surface area contributed by atoms with Crippen LogP contribution in [0.2, 0.25) is 0 Å². The summed E-state index contributed by atoms with van der Waals surface area (Å²) in [6.45, 7) is 0.834. The summed E-state index contributed by atoms with van der Waals surface area (Å²) in [5.74, 6) is 0.875. The Morgan fingerprint density at radius 2 is 2.29 bits per heavy atom. The third-order valence-electron chi connectivity index (χ3n) is 2.62. The van der Waals surface area contributed by atoms with Crippen molar-refractivity contribution in [3.63, 3.8) is 0 Å². The highest BCUT2D eigenvalue weighted by Gasteiger charge is 2.04. The first kappa shape index (κ1) is 11.4. The van der Waals surface area contributed by atoms with Gasteiger partial charge in [-0.05, 0) is 6.07 Å². The molecule has 2 rings (SSSR count). The predicted molar refractivity (Wildman–Crippen MR) is 69.1 cm³/mol. The second-order valence-corrected chi connectivity index (χ2v) is 4.03. The number of nitrogens with one attached hydrogen (secondary N) is 1. The van der Waals surface area contributed by atoms with Gasteiger partial charge in [0.15, 0.2) is 0 Å². The molecule has 0 aliphatic heterocycles. The van der Waals surface area contributed by atoms with E-state index in [4.69, 9.17) is 0 Å². The second-order valence-electron chi connectivity index (χ2n) is 4.03. The third kappa shape index (κ3) is 2.75. The van der Waals surface area contributed by atoms with Crippen molar-refractivity contribution in [1.82, 2.24) is 14.8 Å². The Bertz CT molecular complexity index is 491. The van der Waals surface area contributed by atoms with E-state index in [1.807, 2.05) is 43.3 Å². The van der Waals surface area contributed by atoms with Crippen LogP contribution in [0, 0.1) is 0 Å². The van der Waals surface area contributed by atoms with E-state index in [9.17, 15) is 0 Å².